The van der Waals surface area contributed by atoms with E-state index < -0.39 is 0 Å². The van der Waals surface area contributed by atoms with Crippen LogP contribution in [0.4, 0.5) is 0 Å². The summed E-state index contributed by atoms with van der Waals surface area (Å²) in [6.45, 7) is 1.34. The molecule has 30 heavy (non-hydrogen) atoms. The van der Waals surface area contributed by atoms with Crippen LogP contribution in [0.3, 0.4) is 0 Å². The highest BCUT2D eigenvalue weighted by molar-refractivity contribution is 6.06. The molecule has 0 radical (unpaired) electrons. The molecule has 4 unspecified atom stereocenters. The lowest BCUT2D eigenvalue weighted by atomic mass is 9.61. The first kappa shape index (κ1) is 16.8. The average molecular weight is 402 g/mol. The van der Waals surface area contributed by atoms with E-state index in [1.54, 1.807) is 14.2 Å². The lowest BCUT2D eigenvalue weighted by molar-refractivity contribution is -0.593. The standard InChI is InChI=1S/C25H24NO4/c1-27-18-7-6-16-21-14-4-3-5-15(14)23(22(16)25(18)28-2)26-9-8-13-10-19-20(30-12-29-19)11-17(13)24(21)26/h3-4,6-7,10-11,14-15,21,23H,5,8-9,12H2,1-2H3/q+1. The van der Waals surface area contributed by atoms with Gasteiger partial charge in [0, 0.05) is 23.8 Å². The highest BCUT2D eigenvalue weighted by atomic mass is 16.7. The third kappa shape index (κ3) is 1.91. The molecule has 2 aliphatic carbocycles. The van der Waals surface area contributed by atoms with Crippen LogP contribution in [0.1, 0.15) is 40.6 Å². The fourth-order valence-corrected chi connectivity index (χ4v) is 6.65. The minimum absolute atomic E-state index is 0.309. The summed E-state index contributed by atoms with van der Waals surface area (Å²) < 4.78 is 25.7. The molecule has 2 aromatic carbocycles. The van der Waals surface area contributed by atoms with Gasteiger partial charge in [0.2, 0.25) is 6.79 Å². The Morgan fingerprint density at radius 1 is 1.07 bits per heavy atom. The van der Waals surface area contributed by atoms with Crippen molar-refractivity contribution in [2.24, 2.45) is 11.8 Å². The molecule has 5 nitrogen and oxygen atoms in total. The zero-order chi connectivity index (χ0) is 20.0. The van der Waals surface area contributed by atoms with Crippen molar-refractivity contribution in [2.45, 2.75) is 24.8 Å². The van der Waals surface area contributed by atoms with E-state index in [0.29, 0.717) is 30.6 Å². The van der Waals surface area contributed by atoms with Crippen LogP contribution in [-0.2, 0) is 6.42 Å². The topological polar surface area (TPSA) is 39.9 Å². The fraction of sp³-hybridized carbons (Fsp3) is 0.400. The second-order valence-electron chi connectivity index (χ2n) is 8.82. The summed E-state index contributed by atoms with van der Waals surface area (Å²) in [5.74, 6) is 4.93. The van der Waals surface area contributed by atoms with Gasteiger partial charge in [-0.3, -0.25) is 0 Å². The Morgan fingerprint density at radius 2 is 1.93 bits per heavy atom. The molecule has 4 aliphatic heterocycles. The molecule has 0 fully saturated rings. The average Bonchev–Trinajstić information content (AvgIpc) is 3.45. The Labute approximate surface area is 175 Å². The zero-order valence-electron chi connectivity index (χ0n) is 17.2. The predicted octanol–water partition coefficient (Wildman–Crippen LogP) is 3.83. The maximum atomic E-state index is 5.93. The van der Waals surface area contributed by atoms with Gasteiger partial charge in [0.25, 0.3) is 0 Å². The number of ether oxygens (including phenoxy) is 4. The van der Waals surface area contributed by atoms with Crippen molar-refractivity contribution in [3.63, 3.8) is 0 Å². The van der Waals surface area contributed by atoms with Crippen LogP contribution in [0.2, 0.25) is 0 Å². The molecule has 8 rings (SSSR count). The largest absolute Gasteiger partial charge is 0.493 e. The smallest absolute Gasteiger partial charge is 0.231 e. The van der Waals surface area contributed by atoms with Crippen molar-refractivity contribution in [1.82, 2.24) is 0 Å². The first-order valence-corrected chi connectivity index (χ1v) is 10.8. The summed E-state index contributed by atoms with van der Waals surface area (Å²) in [6, 6.07) is 9.06. The molecule has 2 aromatic rings. The van der Waals surface area contributed by atoms with Crippen molar-refractivity contribution in [3.05, 3.63) is 58.7 Å². The Kier molecular flexibility index (Phi) is 3.25. The van der Waals surface area contributed by atoms with Crippen LogP contribution in [0.25, 0.3) is 0 Å². The van der Waals surface area contributed by atoms with Crippen LogP contribution < -0.4 is 18.9 Å². The predicted molar refractivity (Wildman–Crippen MR) is 111 cm³/mol. The monoisotopic (exact) mass is 402 g/mol. The van der Waals surface area contributed by atoms with Gasteiger partial charge in [-0.2, -0.15) is 0 Å². The van der Waals surface area contributed by atoms with Gasteiger partial charge in [0.15, 0.2) is 34.8 Å². The summed E-state index contributed by atoms with van der Waals surface area (Å²) >= 11 is 0. The summed E-state index contributed by atoms with van der Waals surface area (Å²) in [7, 11) is 3.49. The van der Waals surface area contributed by atoms with Crippen molar-refractivity contribution >= 4 is 5.71 Å². The molecule has 152 valence electrons. The van der Waals surface area contributed by atoms with E-state index in [0.717, 1.165) is 42.4 Å². The Hall–Kier alpha value is -2.95. The van der Waals surface area contributed by atoms with Crippen LogP contribution in [-0.4, -0.2) is 37.8 Å². The molecular weight excluding hydrogens is 378 g/mol. The first-order chi connectivity index (χ1) is 14.8. The number of allylic oxidation sites excluding steroid dienone is 2. The van der Waals surface area contributed by atoms with Crippen molar-refractivity contribution in [1.29, 1.82) is 0 Å². The van der Waals surface area contributed by atoms with Gasteiger partial charge in [0.1, 0.15) is 6.54 Å². The van der Waals surface area contributed by atoms with Gasteiger partial charge >= 0.3 is 0 Å². The number of hydrogen-bond donors (Lipinski definition) is 0. The lowest BCUT2D eigenvalue weighted by Crippen LogP contribution is -2.51. The SMILES string of the molecule is COc1ccc2c(c1OC)C1C3CC=CC3C2C2=[N+]1CCc1cc3c(cc12)OCO3. The van der Waals surface area contributed by atoms with Crippen LogP contribution in [0.15, 0.2) is 36.4 Å². The van der Waals surface area contributed by atoms with E-state index in [1.165, 1.54) is 28.0 Å². The van der Waals surface area contributed by atoms with Crippen LogP contribution in [0, 0.1) is 11.8 Å². The molecule has 0 spiro atoms. The number of benzene rings is 2. The lowest BCUT2D eigenvalue weighted by Gasteiger charge is -2.46. The van der Waals surface area contributed by atoms with Gasteiger partial charge < -0.3 is 18.9 Å². The van der Waals surface area contributed by atoms with E-state index in [1.807, 2.05) is 0 Å². The second-order valence-corrected chi connectivity index (χ2v) is 8.82. The summed E-state index contributed by atoms with van der Waals surface area (Å²) in [4.78, 5) is 0. The number of fused-ring (bicyclic) bond motifs is 2. The summed E-state index contributed by atoms with van der Waals surface area (Å²) in [5, 5.41) is 0. The molecule has 0 N–H and O–H groups in total. The Balaban J connectivity index is 1.51. The number of methoxy groups -OCH3 is 2. The maximum Gasteiger partial charge on any atom is 0.231 e. The van der Waals surface area contributed by atoms with E-state index in [4.69, 9.17) is 18.9 Å². The molecular formula is C25H24NO4+. The van der Waals surface area contributed by atoms with Gasteiger partial charge in [-0.05, 0) is 35.7 Å². The van der Waals surface area contributed by atoms with Crippen molar-refractivity contribution < 1.29 is 23.5 Å². The molecule has 4 atom stereocenters. The van der Waals surface area contributed by atoms with Gasteiger partial charge in [-0.1, -0.05) is 18.2 Å². The number of nitrogens with zero attached hydrogens (tertiary/aromatic N) is 1. The molecule has 5 heteroatoms. The highest BCUT2D eigenvalue weighted by Gasteiger charge is 2.59. The van der Waals surface area contributed by atoms with Gasteiger partial charge in [-0.15, -0.1) is 0 Å². The minimum Gasteiger partial charge on any atom is -0.493 e. The Bertz CT molecular complexity index is 1160. The molecule has 6 aliphatic rings. The zero-order valence-corrected chi connectivity index (χ0v) is 17.2. The third-order valence-electron chi connectivity index (χ3n) is 7.74. The third-order valence-corrected chi connectivity index (χ3v) is 7.74. The van der Waals surface area contributed by atoms with E-state index in [2.05, 4.69) is 41.0 Å². The van der Waals surface area contributed by atoms with Crippen molar-refractivity contribution in [3.8, 4) is 23.0 Å². The number of hydrogen-bond acceptors (Lipinski definition) is 4. The second kappa shape index (κ2) is 5.81. The van der Waals surface area contributed by atoms with Gasteiger partial charge in [0.05, 0.1) is 25.7 Å². The van der Waals surface area contributed by atoms with Crippen LogP contribution in [0.5, 0.6) is 23.0 Å². The highest BCUT2D eigenvalue weighted by Crippen LogP contribution is 2.60. The maximum absolute atomic E-state index is 5.93. The quantitative estimate of drug-likeness (QED) is 0.565. The summed E-state index contributed by atoms with van der Waals surface area (Å²) in [6.07, 6.45) is 6.98. The molecule has 0 amide bonds. The Morgan fingerprint density at radius 3 is 2.77 bits per heavy atom. The molecule has 0 saturated heterocycles. The van der Waals surface area contributed by atoms with E-state index in [9.17, 15) is 0 Å². The molecule has 2 bridgehead atoms. The minimum atomic E-state index is 0.309. The van der Waals surface area contributed by atoms with Crippen LogP contribution >= 0.6 is 0 Å². The van der Waals surface area contributed by atoms with E-state index >= 15 is 0 Å². The van der Waals surface area contributed by atoms with Gasteiger partial charge in [-0.25, -0.2) is 4.58 Å². The normalized spacial score (nSPS) is 28.7. The number of rotatable bonds is 2. The van der Waals surface area contributed by atoms with Crippen molar-refractivity contribution in [2.75, 3.05) is 27.6 Å². The van der Waals surface area contributed by atoms with E-state index in [-0.39, 0.29) is 0 Å². The molecule has 0 saturated carbocycles. The molecule has 4 heterocycles. The molecule has 0 aromatic heterocycles. The fourth-order valence-electron chi connectivity index (χ4n) is 6.65. The summed E-state index contributed by atoms with van der Waals surface area (Å²) in [5.41, 5.74) is 6.88. The first-order valence-electron chi connectivity index (χ1n) is 10.8.